The Hall–Kier alpha value is -1.86. The molecular formula is C21H29N5OS. The summed E-state index contributed by atoms with van der Waals surface area (Å²) < 4.78 is 2.10. The summed E-state index contributed by atoms with van der Waals surface area (Å²) in [6, 6.07) is 4.47. The number of pyridine rings is 1. The molecule has 28 heavy (non-hydrogen) atoms. The Balaban J connectivity index is 1.51. The van der Waals surface area contributed by atoms with E-state index in [0.717, 1.165) is 63.4 Å². The van der Waals surface area contributed by atoms with Gasteiger partial charge in [-0.05, 0) is 43.4 Å². The Morgan fingerprint density at radius 1 is 1.29 bits per heavy atom. The fourth-order valence-electron chi connectivity index (χ4n) is 4.11. The first-order valence-corrected chi connectivity index (χ1v) is 11.5. The van der Waals surface area contributed by atoms with Crippen LogP contribution in [0.5, 0.6) is 0 Å². The van der Waals surface area contributed by atoms with Crippen molar-refractivity contribution in [2.75, 3.05) is 24.6 Å². The monoisotopic (exact) mass is 399 g/mol. The fourth-order valence-corrected chi connectivity index (χ4v) is 5.01. The molecular weight excluding hydrogens is 370 g/mol. The third-order valence-electron chi connectivity index (χ3n) is 5.63. The minimum atomic E-state index is 0.126. The molecule has 1 fully saturated rings. The van der Waals surface area contributed by atoms with Gasteiger partial charge in [0.05, 0.1) is 0 Å². The van der Waals surface area contributed by atoms with Crippen molar-refractivity contribution in [2.24, 2.45) is 0 Å². The molecule has 4 rings (SSSR count). The lowest BCUT2D eigenvalue weighted by atomic mass is 9.91. The number of nitrogens with zero attached hydrogens (tertiary/aromatic N) is 4. The van der Waals surface area contributed by atoms with E-state index < -0.39 is 0 Å². The molecule has 2 aromatic rings. The number of amides is 1. The van der Waals surface area contributed by atoms with Gasteiger partial charge < -0.3 is 10.2 Å². The summed E-state index contributed by atoms with van der Waals surface area (Å²) in [4.78, 5) is 19.3. The number of carbonyl (C=O) groups is 1. The van der Waals surface area contributed by atoms with Gasteiger partial charge in [-0.1, -0.05) is 6.92 Å². The molecule has 0 spiro atoms. The number of fused-ring (bicyclic) bond motifs is 1. The molecule has 0 radical (unpaired) electrons. The Morgan fingerprint density at radius 3 is 2.82 bits per heavy atom. The number of thioether (sulfide) groups is 1. The van der Waals surface area contributed by atoms with Crippen LogP contribution in [-0.4, -0.2) is 56.2 Å². The van der Waals surface area contributed by atoms with E-state index in [9.17, 15) is 4.79 Å². The van der Waals surface area contributed by atoms with Gasteiger partial charge >= 0.3 is 0 Å². The molecule has 1 atom stereocenters. The minimum Gasteiger partial charge on any atom is -0.336 e. The Bertz CT molecular complexity index is 801. The van der Waals surface area contributed by atoms with Crippen LogP contribution in [0.25, 0.3) is 0 Å². The highest BCUT2D eigenvalue weighted by Gasteiger charge is 2.31. The first kappa shape index (κ1) is 19.5. The Morgan fingerprint density at radius 2 is 2.07 bits per heavy atom. The highest BCUT2D eigenvalue weighted by Crippen LogP contribution is 2.27. The molecule has 1 saturated heterocycles. The zero-order valence-corrected chi connectivity index (χ0v) is 17.4. The van der Waals surface area contributed by atoms with Gasteiger partial charge in [-0.15, -0.1) is 0 Å². The normalized spacial score (nSPS) is 19.5. The van der Waals surface area contributed by atoms with Crippen molar-refractivity contribution in [3.63, 3.8) is 0 Å². The van der Waals surface area contributed by atoms with Gasteiger partial charge in [-0.25, -0.2) is 0 Å². The largest absolute Gasteiger partial charge is 0.336 e. The maximum Gasteiger partial charge on any atom is 0.274 e. The van der Waals surface area contributed by atoms with Crippen molar-refractivity contribution in [1.29, 1.82) is 0 Å². The van der Waals surface area contributed by atoms with Gasteiger partial charge in [0.15, 0.2) is 5.69 Å². The standard InChI is InChI=1S/C21H29N5OS/c1-2-9-26-19-4-3-17(23-15-16-5-7-22-8-6-16)14-18(19)20(24-26)21(27)25-10-12-28-13-11-25/h5-8,17,23H,2-4,9-15H2,1H3/t17-/m0/s1. The maximum atomic E-state index is 13.2. The van der Waals surface area contributed by atoms with Crippen LogP contribution in [0.15, 0.2) is 24.5 Å². The van der Waals surface area contributed by atoms with Gasteiger partial charge in [-0.2, -0.15) is 16.9 Å². The predicted octanol–water partition coefficient (Wildman–Crippen LogP) is 2.52. The van der Waals surface area contributed by atoms with Gasteiger partial charge in [0.1, 0.15) is 0 Å². The van der Waals surface area contributed by atoms with Gasteiger partial charge in [0.25, 0.3) is 5.91 Å². The Kier molecular flexibility index (Phi) is 6.32. The molecule has 150 valence electrons. The molecule has 1 aliphatic carbocycles. The molecule has 7 heteroatoms. The molecule has 1 amide bonds. The van der Waals surface area contributed by atoms with Crippen LogP contribution in [0.3, 0.4) is 0 Å². The van der Waals surface area contributed by atoms with E-state index in [-0.39, 0.29) is 5.91 Å². The molecule has 0 saturated carbocycles. The summed E-state index contributed by atoms with van der Waals surface area (Å²) in [5.41, 5.74) is 4.39. The second-order valence-electron chi connectivity index (χ2n) is 7.58. The molecule has 1 N–H and O–H groups in total. The number of aryl methyl sites for hydroxylation is 1. The molecule has 1 aliphatic heterocycles. The number of rotatable bonds is 6. The van der Waals surface area contributed by atoms with Crippen molar-refractivity contribution >= 4 is 17.7 Å². The highest BCUT2D eigenvalue weighted by molar-refractivity contribution is 7.99. The zero-order valence-electron chi connectivity index (χ0n) is 16.6. The summed E-state index contributed by atoms with van der Waals surface area (Å²) in [7, 11) is 0. The number of carbonyl (C=O) groups excluding carboxylic acids is 1. The summed E-state index contributed by atoms with van der Waals surface area (Å²) in [6.45, 7) is 5.56. The second-order valence-corrected chi connectivity index (χ2v) is 8.80. The van der Waals surface area contributed by atoms with E-state index in [0.29, 0.717) is 11.7 Å². The molecule has 2 aromatic heterocycles. The van der Waals surface area contributed by atoms with Crippen LogP contribution in [0.1, 0.15) is 47.1 Å². The van der Waals surface area contributed by atoms with Crippen LogP contribution < -0.4 is 5.32 Å². The minimum absolute atomic E-state index is 0.126. The quantitative estimate of drug-likeness (QED) is 0.809. The van der Waals surface area contributed by atoms with Crippen molar-refractivity contribution < 1.29 is 4.79 Å². The van der Waals surface area contributed by atoms with E-state index in [1.54, 1.807) is 0 Å². The van der Waals surface area contributed by atoms with E-state index in [2.05, 4.69) is 21.9 Å². The van der Waals surface area contributed by atoms with Crippen LogP contribution in [-0.2, 0) is 25.9 Å². The average Bonchev–Trinajstić information content (AvgIpc) is 3.11. The van der Waals surface area contributed by atoms with Crippen LogP contribution in [0, 0.1) is 0 Å². The van der Waals surface area contributed by atoms with Gasteiger partial charge in [-0.3, -0.25) is 14.5 Å². The highest BCUT2D eigenvalue weighted by atomic mass is 32.2. The third-order valence-corrected chi connectivity index (χ3v) is 6.57. The van der Waals surface area contributed by atoms with Crippen LogP contribution >= 0.6 is 11.8 Å². The lowest BCUT2D eigenvalue weighted by Crippen LogP contribution is -2.39. The number of nitrogens with one attached hydrogen (secondary N) is 1. The molecule has 3 heterocycles. The number of hydrogen-bond donors (Lipinski definition) is 1. The maximum absolute atomic E-state index is 13.2. The average molecular weight is 400 g/mol. The van der Waals surface area contributed by atoms with E-state index in [1.807, 2.05) is 41.2 Å². The Labute approximate surface area is 171 Å². The second kappa shape index (κ2) is 9.09. The molecule has 0 bridgehead atoms. The zero-order chi connectivity index (χ0) is 19.3. The summed E-state index contributed by atoms with van der Waals surface area (Å²) in [5, 5.41) is 8.46. The SMILES string of the molecule is CCCn1nc(C(=O)N2CCSCC2)c2c1CC[C@H](NCc1ccncc1)C2. The van der Waals surface area contributed by atoms with Crippen molar-refractivity contribution in [1.82, 2.24) is 25.0 Å². The molecule has 0 unspecified atom stereocenters. The summed E-state index contributed by atoms with van der Waals surface area (Å²) >= 11 is 1.92. The summed E-state index contributed by atoms with van der Waals surface area (Å²) in [5.74, 6) is 2.18. The van der Waals surface area contributed by atoms with Crippen molar-refractivity contribution in [2.45, 2.75) is 51.7 Å². The lowest BCUT2D eigenvalue weighted by molar-refractivity contribution is 0.0764. The van der Waals surface area contributed by atoms with Gasteiger partial charge in [0.2, 0.25) is 0 Å². The fraction of sp³-hybridized carbons (Fsp3) is 0.571. The van der Waals surface area contributed by atoms with E-state index in [1.165, 1.54) is 16.8 Å². The van der Waals surface area contributed by atoms with E-state index >= 15 is 0 Å². The lowest BCUT2D eigenvalue weighted by Gasteiger charge is -2.27. The van der Waals surface area contributed by atoms with Gasteiger partial charge in [0, 0.05) is 67.4 Å². The first-order valence-electron chi connectivity index (χ1n) is 10.3. The van der Waals surface area contributed by atoms with E-state index in [4.69, 9.17) is 5.10 Å². The topological polar surface area (TPSA) is 63.1 Å². The number of aromatic nitrogens is 3. The predicted molar refractivity (Wildman–Crippen MR) is 113 cm³/mol. The third kappa shape index (κ3) is 4.25. The summed E-state index contributed by atoms with van der Waals surface area (Å²) in [6.07, 6.45) is 7.65. The van der Waals surface area contributed by atoms with Crippen molar-refractivity contribution in [3.05, 3.63) is 47.0 Å². The first-order chi connectivity index (χ1) is 13.8. The molecule has 0 aromatic carbocycles. The number of hydrogen-bond acceptors (Lipinski definition) is 5. The van der Waals surface area contributed by atoms with Crippen LogP contribution in [0.4, 0.5) is 0 Å². The molecule has 6 nitrogen and oxygen atoms in total. The van der Waals surface area contributed by atoms with Crippen molar-refractivity contribution in [3.8, 4) is 0 Å². The smallest absolute Gasteiger partial charge is 0.274 e. The van der Waals surface area contributed by atoms with Crippen LogP contribution in [0.2, 0.25) is 0 Å². The molecule has 2 aliphatic rings.